The van der Waals surface area contributed by atoms with Crippen molar-refractivity contribution < 1.29 is 13.2 Å². The smallest absolute Gasteiger partial charge is 0.291 e. The molecular formula is C16H21N5O3S2. The van der Waals surface area contributed by atoms with E-state index in [4.69, 9.17) is 0 Å². The number of aryl methyl sites for hydroxylation is 1. The number of hydrogen-bond acceptors (Lipinski definition) is 7. The summed E-state index contributed by atoms with van der Waals surface area (Å²) in [7, 11) is -3.87. The van der Waals surface area contributed by atoms with E-state index in [-0.39, 0.29) is 15.4 Å². The first kappa shape index (κ1) is 18.6. The number of piperidine rings is 1. The fourth-order valence-corrected chi connectivity index (χ4v) is 4.85. The SMILES string of the molecule is CC(=O)Nc1nnc(S(=O)(=O)Nc2cc(N3CCCCC3)ccc2C)s1. The third-order valence-corrected chi connectivity index (χ3v) is 6.68. The van der Waals surface area contributed by atoms with E-state index >= 15 is 0 Å². The summed E-state index contributed by atoms with van der Waals surface area (Å²) < 4.78 is 27.6. The van der Waals surface area contributed by atoms with Crippen LogP contribution in [0.2, 0.25) is 0 Å². The van der Waals surface area contributed by atoms with E-state index in [0.717, 1.165) is 48.5 Å². The maximum atomic E-state index is 12.6. The molecule has 0 bridgehead atoms. The van der Waals surface area contributed by atoms with Gasteiger partial charge in [-0.1, -0.05) is 17.4 Å². The molecule has 1 fully saturated rings. The van der Waals surface area contributed by atoms with E-state index in [1.807, 2.05) is 25.1 Å². The highest BCUT2D eigenvalue weighted by atomic mass is 32.2. The zero-order chi connectivity index (χ0) is 18.7. The number of amides is 1. The van der Waals surface area contributed by atoms with Crippen LogP contribution in [-0.2, 0) is 14.8 Å². The molecule has 0 atom stereocenters. The normalized spacial score (nSPS) is 14.9. The van der Waals surface area contributed by atoms with Crippen molar-refractivity contribution in [1.29, 1.82) is 0 Å². The van der Waals surface area contributed by atoms with Crippen molar-refractivity contribution in [3.05, 3.63) is 23.8 Å². The van der Waals surface area contributed by atoms with Crippen molar-refractivity contribution >= 4 is 43.8 Å². The molecule has 0 unspecified atom stereocenters. The van der Waals surface area contributed by atoms with Gasteiger partial charge in [0, 0.05) is 25.7 Å². The highest BCUT2D eigenvalue weighted by Crippen LogP contribution is 2.28. The highest BCUT2D eigenvalue weighted by Gasteiger charge is 2.22. The van der Waals surface area contributed by atoms with Crippen LogP contribution in [0.15, 0.2) is 22.5 Å². The van der Waals surface area contributed by atoms with Crippen molar-refractivity contribution in [1.82, 2.24) is 10.2 Å². The van der Waals surface area contributed by atoms with Crippen LogP contribution in [-0.4, -0.2) is 37.6 Å². The first-order chi connectivity index (χ1) is 12.3. The molecule has 1 aromatic heterocycles. The number of nitrogens with one attached hydrogen (secondary N) is 2. The Kier molecular flexibility index (Phi) is 5.42. The minimum Gasteiger partial charge on any atom is -0.371 e. The van der Waals surface area contributed by atoms with Crippen molar-refractivity contribution in [2.75, 3.05) is 28.0 Å². The van der Waals surface area contributed by atoms with Crippen molar-refractivity contribution in [3.8, 4) is 0 Å². The number of carbonyl (C=O) groups excluding carboxylic acids is 1. The predicted molar refractivity (Wildman–Crippen MR) is 102 cm³/mol. The molecule has 140 valence electrons. The van der Waals surface area contributed by atoms with Gasteiger partial charge in [-0.25, -0.2) is 0 Å². The largest absolute Gasteiger partial charge is 0.371 e. The van der Waals surface area contributed by atoms with E-state index in [0.29, 0.717) is 5.69 Å². The van der Waals surface area contributed by atoms with E-state index in [1.165, 1.54) is 13.3 Å². The van der Waals surface area contributed by atoms with Gasteiger partial charge in [0.25, 0.3) is 14.4 Å². The van der Waals surface area contributed by atoms with E-state index in [9.17, 15) is 13.2 Å². The van der Waals surface area contributed by atoms with Gasteiger partial charge >= 0.3 is 0 Å². The Balaban J connectivity index is 1.82. The Morgan fingerprint density at radius 2 is 1.92 bits per heavy atom. The number of benzene rings is 1. The molecule has 26 heavy (non-hydrogen) atoms. The molecule has 2 aromatic rings. The van der Waals surface area contributed by atoms with Crippen LogP contribution < -0.4 is 14.9 Å². The average molecular weight is 396 g/mol. The molecule has 0 spiro atoms. The van der Waals surface area contributed by atoms with Crippen LogP contribution in [0.25, 0.3) is 0 Å². The Labute approximate surface area is 156 Å². The maximum absolute atomic E-state index is 12.6. The molecule has 0 aliphatic carbocycles. The monoisotopic (exact) mass is 395 g/mol. The molecule has 1 amide bonds. The minimum absolute atomic E-state index is 0.150. The first-order valence-electron chi connectivity index (χ1n) is 8.35. The number of sulfonamides is 1. The highest BCUT2D eigenvalue weighted by molar-refractivity contribution is 7.94. The molecule has 0 saturated carbocycles. The second-order valence-corrected chi connectivity index (χ2v) is 9.04. The lowest BCUT2D eigenvalue weighted by atomic mass is 10.1. The number of carbonyl (C=O) groups is 1. The van der Waals surface area contributed by atoms with Gasteiger partial charge in [0.15, 0.2) is 0 Å². The molecule has 0 radical (unpaired) electrons. The number of nitrogens with zero attached hydrogens (tertiary/aromatic N) is 3. The summed E-state index contributed by atoms with van der Waals surface area (Å²) >= 11 is 0.810. The zero-order valence-electron chi connectivity index (χ0n) is 14.7. The standard InChI is InChI=1S/C16H21N5O3S2/c1-11-6-7-13(21-8-4-3-5-9-21)10-14(11)20-26(23,24)16-19-18-15(25-16)17-12(2)22/h6-7,10,20H,3-5,8-9H2,1-2H3,(H,17,18,22). The summed E-state index contributed by atoms with van der Waals surface area (Å²) in [5, 5.41) is 9.94. The molecule has 8 nitrogen and oxygen atoms in total. The first-order valence-corrected chi connectivity index (χ1v) is 10.6. The van der Waals surface area contributed by atoms with Crippen LogP contribution >= 0.6 is 11.3 Å². The minimum atomic E-state index is -3.87. The van der Waals surface area contributed by atoms with E-state index in [1.54, 1.807) is 0 Å². The quantitative estimate of drug-likeness (QED) is 0.754. The van der Waals surface area contributed by atoms with Crippen LogP contribution in [0.4, 0.5) is 16.5 Å². The molecule has 1 aliphatic rings. The lowest BCUT2D eigenvalue weighted by Gasteiger charge is -2.29. The summed E-state index contributed by atoms with van der Waals surface area (Å²) in [6.45, 7) is 5.13. The van der Waals surface area contributed by atoms with Gasteiger partial charge in [0.1, 0.15) is 0 Å². The molecule has 2 N–H and O–H groups in total. The molecule has 1 aromatic carbocycles. The Morgan fingerprint density at radius 1 is 1.19 bits per heavy atom. The Hall–Kier alpha value is -2.20. The molecule has 10 heteroatoms. The van der Waals surface area contributed by atoms with E-state index in [2.05, 4.69) is 25.1 Å². The summed E-state index contributed by atoms with van der Waals surface area (Å²) in [6.07, 6.45) is 3.52. The second-order valence-electron chi connectivity index (χ2n) is 6.21. The van der Waals surface area contributed by atoms with Gasteiger partial charge in [-0.15, -0.1) is 10.2 Å². The predicted octanol–water partition coefficient (Wildman–Crippen LogP) is 2.60. The Morgan fingerprint density at radius 3 is 2.62 bits per heavy atom. The summed E-state index contributed by atoms with van der Waals surface area (Å²) in [4.78, 5) is 13.3. The summed E-state index contributed by atoms with van der Waals surface area (Å²) in [6, 6.07) is 5.77. The van der Waals surface area contributed by atoms with Gasteiger partial charge in [-0.05, 0) is 43.9 Å². The topological polar surface area (TPSA) is 104 Å². The second kappa shape index (κ2) is 7.58. The molecule has 3 rings (SSSR count). The maximum Gasteiger partial charge on any atom is 0.291 e. The zero-order valence-corrected chi connectivity index (χ0v) is 16.3. The van der Waals surface area contributed by atoms with Crippen molar-refractivity contribution in [2.45, 2.75) is 37.4 Å². The van der Waals surface area contributed by atoms with Gasteiger partial charge in [0.2, 0.25) is 11.0 Å². The van der Waals surface area contributed by atoms with Crippen molar-refractivity contribution in [3.63, 3.8) is 0 Å². The lowest BCUT2D eigenvalue weighted by Crippen LogP contribution is -2.29. The lowest BCUT2D eigenvalue weighted by molar-refractivity contribution is -0.114. The molecule has 1 aliphatic heterocycles. The molecular weight excluding hydrogens is 374 g/mol. The fourth-order valence-electron chi connectivity index (χ4n) is 2.78. The van der Waals surface area contributed by atoms with Crippen LogP contribution in [0, 0.1) is 6.92 Å². The van der Waals surface area contributed by atoms with Crippen LogP contribution in [0.5, 0.6) is 0 Å². The van der Waals surface area contributed by atoms with E-state index < -0.39 is 10.0 Å². The van der Waals surface area contributed by atoms with Gasteiger partial charge in [-0.2, -0.15) is 8.42 Å². The fraction of sp³-hybridized carbons (Fsp3) is 0.438. The van der Waals surface area contributed by atoms with Gasteiger partial charge in [-0.3, -0.25) is 9.52 Å². The molecule has 2 heterocycles. The number of rotatable bonds is 5. The van der Waals surface area contributed by atoms with Crippen LogP contribution in [0.3, 0.4) is 0 Å². The van der Waals surface area contributed by atoms with Gasteiger partial charge in [0.05, 0.1) is 5.69 Å². The summed E-state index contributed by atoms with van der Waals surface area (Å²) in [5.41, 5.74) is 2.34. The molecule has 1 saturated heterocycles. The van der Waals surface area contributed by atoms with Crippen molar-refractivity contribution in [2.24, 2.45) is 0 Å². The third kappa shape index (κ3) is 4.31. The Bertz CT molecular complexity index is 904. The number of aromatic nitrogens is 2. The third-order valence-electron chi connectivity index (χ3n) is 4.11. The number of hydrogen-bond donors (Lipinski definition) is 2. The van der Waals surface area contributed by atoms with Crippen LogP contribution in [0.1, 0.15) is 31.7 Å². The number of anilines is 3. The van der Waals surface area contributed by atoms with Gasteiger partial charge < -0.3 is 10.2 Å². The summed E-state index contributed by atoms with van der Waals surface area (Å²) in [5.74, 6) is -0.330. The average Bonchev–Trinajstić information content (AvgIpc) is 3.06.